The van der Waals surface area contributed by atoms with Gasteiger partial charge in [0.15, 0.2) is 6.61 Å². The van der Waals surface area contributed by atoms with Crippen LogP contribution in [0.5, 0.6) is 5.75 Å². The number of carbonyl (C=O) groups is 1. The molecule has 0 spiro atoms. The summed E-state index contributed by atoms with van der Waals surface area (Å²) < 4.78 is 41.8. The number of ether oxygens (including phenoxy) is 1. The number of hydrogen-bond donors (Lipinski definition) is 2. The Morgan fingerprint density at radius 2 is 2.00 bits per heavy atom. The third-order valence-electron chi connectivity index (χ3n) is 3.63. The van der Waals surface area contributed by atoms with E-state index in [1.807, 2.05) is 13.8 Å². The van der Waals surface area contributed by atoms with Crippen LogP contribution in [0.3, 0.4) is 0 Å². The molecule has 1 amide bonds. The molecule has 0 saturated carbocycles. The summed E-state index contributed by atoms with van der Waals surface area (Å²) >= 11 is 0. The number of nitrogens with two attached hydrogens (primary N) is 1. The molecule has 1 aromatic carbocycles. The van der Waals surface area contributed by atoms with Gasteiger partial charge in [-0.25, -0.2) is 0 Å². The molecule has 24 heavy (non-hydrogen) atoms. The van der Waals surface area contributed by atoms with E-state index in [2.05, 4.69) is 5.32 Å². The maximum absolute atomic E-state index is 12.3. The molecule has 0 aliphatic rings. The summed E-state index contributed by atoms with van der Waals surface area (Å²) in [5.41, 5.74) is 7.07. The fourth-order valence-electron chi connectivity index (χ4n) is 1.91. The SMILES string of the molecule is CCC(C)C(N)C(=O)NCc1ccc(C)cc1OCC(F)(F)F.Cl. The van der Waals surface area contributed by atoms with Gasteiger partial charge in [-0.3, -0.25) is 4.79 Å². The lowest BCUT2D eigenvalue weighted by Crippen LogP contribution is -2.44. The molecule has 0 fully saturated rings. The van der Waals surface area contributed by atoms with Gasteiger partial charge >= 0.3 is 6.18 Å². The van der Waals surface area contributed by atoms with Crippen LogP contribution < -0.4 is 15.8 Å². The molecule has 138 valence electrons. The van der Waals surface area contributed by atoms with E-state index < -0.39 is 18.8 Å². The van der Waals surface area contributed by atoms with Gasteiger partial charge < -0.3 is 15.8 Å². The van der Waals surface area contributed by atoms with Crippen LogP contribution in [-0.2, 0) is 11.3 Å². The van der Waals surface area contributed by atoms with Gasteiger partial charge in [-0.15, -0.1) is 12.4 Å². The minimum atomic E-state index is -4.41. The minimum absolute atomic E-state index is 0. The van der Waals surface area contributed by atoms with Crippen molar-refractivity contribution in [1.29, 1.82) is 0 Å². The summed E-state index contributed by atoms with van der Waals surface area (Å²) in [5.74, 6) is -0.199. The van der Waals surface area contributed by atoms with Gasteiger partial charge in [0, 0.05) is 12.1 Å². The van der Waals surface area contributed by atoms with Crippen LogP contribution in [0, 0.1) is 12.8 Å². The number of aryl methyl sites for hydroxylation is 1. The summed E-state index contributed by atoms with van der Waals surface area (Å²) in [6.45, 7) is 4.25. The van der Waals surface area contributed by atoms with E-state index in [0.717, 1.165) is 12.0 Å². The fraction of sp³-hybridized carbons (Fsp3) is 0.562. The second-order valence-corrected chi connectivity index (χ2v) is 5.64. The van der Waals surface area contributed by atoms with E-state index in [9.17, 15) is 18.0 Å². The Balaban J connectivity index is 0.00000529. The standard InChI is InChI=1S/C16H23F3N2O2.ClH/c1-4-11(3)14(20)15(22)21-8-12-6-5-10(2)7-13(12)23-9-16(17,18)19;/h5-7,11,14H,4,8-9,20H2,1-3H3,(H,21,22);1H. The molecule has 0 aromatic heterocycles. The van der Waals surface area contributed by atoms with E-state index in [1.165, 1.54) is 6.07 Å². The van der Waals surface area contributed by atoms with Crippen molar-refractivity contribution in [2.75, 3.05) is 6.61 Å². The average Bonchev–Trinajstić information content (AvgIpc) is 2.49. The molecule has 0 saturated heterocycles. The number of rotatable bonds is 7. The van der Waals surface area contributed by atoms with Crippen LogP contribution in [0.1, 0.15) is 31.4 Å². The van der Waals surface area contributed by atoms with E-state index in [-0.39, 0.29) is 36.5 Å². The number of benzene rings is 1. The number of alkyl halides is 3. The number of carbonyl (C=O) groups excluding carboxylic acids is 1. The molecular formula is C16H24ClF3N2O2. The van der Waals surface area contributed by atoms with Crippen molar-refractivity contribution < 1.29 is 22.7 Å². The van der Waals surface area contributed by atoms with E-state index >= 15 is 0 Å². The summed E-state index contributed by atoms with van der Waals surface area (Å²) in [5, 5.41) is 2.65. The molecule has 0 radical (unpaired) electrons. The fourth-order valence-corrected chi connectivity index (χ4v) is 1.91. The molecular weight excluding hydrogens is 345 g/mol. The van der Waals surface area contributed by atoms with Gasteiger partial charge in [0.05, 0.1) is 6.04 Å². The van der Waals surface area contributed by atoms with Crippen LogP contribution in [0.2, 0.25) is 0 Å². The molecule has 2 unspecified atom stereocenters. The Bertz CT molecular complexity index is 539. The van der Waals surface area contributed by atoms with E-state index in [0.29, 0.717) is 5.56 Å². The molecule has 8 heteroatoms. The smallest absolute Gasteiger partial charge is 0.422 e. The predicted molar refractivity (Wildman–Crippen MR) is 89.3 cm³/mol. The third kappa shape index (κ3) is 7.40. The Morgan fingerprint density at radius 1 is 1.38 bits per heavy atom. The van der Waals surface area contributed by atoms with Crippen LogP contribution in [0.4, 0.5) is 13.2 Å². The lowest BCUT2D eigenvalue weighted by molar-refractivity contribution is -0.153. The first kappa shape index (κ1) is 22.5. The molecule has 0 aliphatic heterocycles. The Kier molecular flexibility index (Phi) is 9.14. The molecule has 1 aromatic rings. The zero-order valence-electron chi connectivity index (χ0n) is 13.9. The highest BCUT2D eigenvalue weighted by Gasteiger charge is 2.29. The zero-order chi connectivity index (χ0) is 17.6. The van der Waals surface area contributed by atoms with E-state index in [1.54, 1.807) is 19.1 Å². The van der Waals surface area contributed by atoms with Crippen LogP contribution in [-0.4, -0.2) is 24.7 Å². The second-order valence-electron chi connectivity index (χ2n) is 5.64. The average molecular weight is 369 g/mol. The maximum Gasteiger partial charge on any atom is 0.422 e. The summed E-state index contributed by atoms with van der Waals surface area (Å²) in [6, 6.07) is 4.25. The molecule has 3 N–H and O–H groups in total. The third-order valence-corrected chi connectivity index (χ3v) is 3.63. The number of halogens is 4. The van der Waals surface area contributed by atoms with Crippen molar-refractivity contribution >= 4 is 18.3 Å². The topological polar surface area (TPSA) is 64.4 Å². The second kappa shape index (κ2) is 9.74. The monoisotopic (exact) mass is 368 g/mol. The minimum Gasteiger partial charge on any atom is -0.484 e. The van der Waals surface area contributed by atoms with Gasteiger partial charge in [0.1, 0.15) is 5.75 Å². The Morgan fingerprint density at radius 3 is 2.54 bits per heavy atom. The molecule has 0 aliphatic carbocycles. The summed E-state index contributed by atoms with van der Waals surface area (Å²) in [6.07, 6.45) is -3.65. The molecule has 2 atom stereocenters. The van der Waals surface area contributed by atoms with Gasteiger partial charge in [0.25, 0.3) is 0 Å². The zero-order valence-corrected chi connectivity index (χ0v) is 14.8. The molecule has 0 bridgehead atoms. The number of amides is 1. The highest BCUT2D eigenvalue weighted by atomic mass is 35.5. The summed E-state index contributed by atoms with van der Waals surface area (Å²) in [4.78, 5) is 12.0. The Labute approximate surface area is 146 Å². The normalized spacial score (nSPS) is 13.6. The quantitative estimate of drug-likeness (QED) is 0.775. The number of hydrogen-bond acceptors (Lipinski definition) is 3. The van der Waals surface area contributed by atoms with Crippen molar-refractivity contribution in [3.8, 4) is 5.75 Å². The maximum atomic E-state index is 12.3. The van der Waals surface area contributed by atoms with Gasteiger partial charge in [0.2, 0.25) is 5.91 Å². The van der Waals surface area contributed by atoms with Crippen molar-refractivity contribution in [1.82, 2.24) is 5.32 Å². The lowest BCUT2D eigenvalue weighted by atomic mass is 9.99. The van der Waals surface area contributed by atoms with Crippen LogP contribution in [0.25, 0.3) is 0 Å². The highest BCUT2D eigenvalue weighted by molar-refractivity contribution is 5.85. The highest BCUT2D eigenvalue weighted by Crippen LogP contribution is 2.23. The molecule has 1 rings (SSSR count). The van der Waals surface area contributed by atoms with Crippen LogP contribution in [0.15, 0.2) is 18.2 Å². The first-order valence-electron chi connectivity index (χ1n) is 7.46. The van der Waals surface area contributed by atoms with E-state index in [4.69, 9.17) is 10.5 Å². The van der Waals surface area contributed by atoms with Gasteiger partial charge in [-0.2, -0.15) is 13.2 Å². The largest absolute Gasteiger partial charge is 0.484 e. The van der Waals surface area contributed by atoms with Crippen molar-refractivity contribution in [3.63, 3.8) is 0 Å². The molecule has 4 nitrogen and oxygen atoms in total. The lowest BCUT2D eigenvalue weighted by Gasteiger charge is -2.19. The first-order valence-corrected chi connectivity index (χ1v) is 7.46. The first-order chi connectivity index (χ1) is 10.6. The Hall–Kier alpha value is -1.47. The van der Waals surface area contributed by atoms with Crippen LogP contribution >= 0.6 is 12.4 Å². The van der Waals surface area contributed by atoms with Crippen molar-refractivity contribution in [2.24, 2.45) is 11.7 Å². The van der Waals surface area contributed by atoms with Gasteiger partial charge in [-0.1, -0.05) is 32.4 Å². The van der Waals surface area contributed by atoms with Gasteiger partial charge in [-0.05, 0) is 24.5 Å². The van der Waals surface area contributed by atoms with Crippen molar-refractivity contribution in [2.45, 2.75) is 46.0 Å². The number of nitrogens with one attached hydrogen (secondary N) is 1. The summed E-state index contributed by atoms with van der Waals surface area (Å²) in [7, 11) is 0. The van der Waals surface area contributed by atoms with Crippen molar-refractivity contribution in [3.05, 3.63) is 29.3 Å². The predicted octanol–water partition coefficient (Wildman–Crippen LogP) is 3.35. The molecule has 0 heterocycles.